The standard InChI is InChI=1S/C14H24N2O/c1-5-16(4)14-8-6-13(7-9-14)12(3)15-11(2)10-17/h6-9,11-12,15,17H,5,10H2,1-4H3/t11-,12?/m1/s1. The first-order chi connectivity index (χ1) is 8.08. The minimum absolute atomic E-state index is 0.128. The zero-order valence-corrected chi connectivity index (χ0v) is 11.3. The second kappa shape index (κ2) is 6.62. The molecule has 2 atom stereocenters. The van der Waals surface area contributed by atoms with Crippen molar-refractivity contribution < 1.29 is 5.11 Å². The van der Waals surface area contributed by atoms with Crippen molar-refractivity contribution in [1.29, 1.82) is 0 Å². The van der Waals surface area contributed by atoms with Crippen molar-refractivity contribution in [2.45, 2.75) is 32.9 Å². The van der Waals surface area contributed by atoms with Gasteiger partial charge in [-0.25, -0.2) is 0 Å². The van der Waals surface area contributed by atoms with E-state index in [9.17, 15) is 0 Å². The fourth-order valence-corrected chi connectivity index (χ4v) is 1.78. The van der Waals surface area contributed by atoms with Gasteiger partial charge in [-0.15, -0.1) is 0 Å². The van der Waals surface area contributed by atoms with Crippen molar-refractivity contribution in [2.24, 2.45) is 0 Å². The molecule has 1 unspecified atom stereocenters. The van der Waals surface area contributed by atoms with Gasteiger partial charge in [0.1, 0.15) is 0 Å². The van der Waals surface area contributed by atoms with Gasteiger partial charge in [-0.2, -0.15) is 0 Å². The molecule has 3 heteroatoms. The van der Waals surface area contributed by atoms with Gasteiger partial charge in [-0.3, -0.25) is 0 Å². The maximum Gasteiger partial charge on any atom is 0.0582 e. The summed E-state index contributed by atoms with van der Waals surface area (Å²) >= 11 is 0. The summed E-state index contributed by atoms with van der Waals surface area (Å²) in [5, 5.41) is 12.4. The highest BCUT2D eigenvalue weighted by atomic mass is 16.3. The lowest BCUT2D eigenvalue weighted by Crippen LogP contribution is -2.31. The summed E-state index contributed by atoms with van der Waals surface area (Å²) in [4.78, 5) is 2.21. The number of anilines is 1. The number of nitrogens with zero attached hydrogens (tertiary/aromatic N) is 1. The number of hydrogen-bond acceptors (Lipinski definition) is 3. The Balaban J connectivity index is 2.66. The highest BCUT2D eigenvalue weighted by molar-refractivity contribution is 5.47. The van der Waals surface area contributed by atoms with Crippen molar-refractivity contribution >= 4 is 5.69 Å². The second-order valence-electron chi connectivity index (χ2n) is 4.58. The van der Waals surface area contributed by atoms with Crippen LogP contribution in [-0.4, -0.2) is 31.3 Å². The molecule has 0 aliphatic carbocycles. The Morgan fingerprint density at radius 3 is 2.29 bits per heavy atom. The van der Waals surface area contributed by atoms with Gasteiger partial charge < -0.3 is 15.3 Å². The SMILES string of the molecule is CCN(C)c1ccc(C(C)N[C@H](C)CO)cc1. The van der Waals surface area contributed by atoms with Crippen LogP contribution in [0.4, 0.5) is 5.69 Å². The maximum atomic E-state index is 9.01. The van der Waals surface area contributed by atoms with Gasteiger partial charge >= 0.3 is 0 Å². The van der Waals surface area contributed by atoms with Crippen LogP contribution in [-0.2, 0) is 0 Å². The van der Waals surface area contributed by atoms with E-state index < -0.39 is 0 Å². The average molecular weight is 236 g/mol. The first-order valence-electron chi connectivity index (χ1n) is 6.26. The molecule has 1 rings (SSSR count). The Hall–Kier alpha value is -1.06. The second-order valence-corrected chi connectivity index (χ2v) is 4.58. The number of nitrogens with one attached hydrogen (secondary N) is 1. The van der Waals surface area contributed by atoms with Crippen LogP contribution in [0.3, 0.4) is 0 Å². The molecular formula is C14H24N2O. The molecule has 0 aliphatic heterocycles. The van der Waals surface area contributed by atoms with E-state index in [2.05, 4.69) is 55.4 Å². The van der Waals surface area contributed by atoms with Crippen LogP contribution in [0, 0.1) is 0 Å². The topological polar surface area (TPSA) is 35.5 Å². The molecular weight excluding hydrogens is 212 g/mol. The van der Waals surface area contributed by atoms with E-state index in [-0.39, 0.29) is 18.7 Å². The van der Waals surface area contributed by atoms with Gasteiger partial charge in [0.2, 0.25) is 0 Å². The summed E-state index contributed by atoms with van der Waals surface area (Å²) in [7, 11) is 2.09. The van der Waals surface area contributed by atoms with Crippen LogP contribution in [0.25, 0.3) is 0 Å². The monoisotopic (exact) mass is 236 g/mol. The molecule has 0 amide bonds. The van der Waals surface area contributed by atoms with Crippen molar-refractivity contribution in [3.63, 3.8) is 0 Å². The maximum absolute atomic E-state index is 9.01. The molecule has 1 aromatic carbocycles. The van der Waals surface area contributed by atoms with Gasteiger partial charge in [0, 0.05) is 31.4 Å². The number of hydrogen-bond donors (Lipinski definition) is 2. The zero-order chi connectivity index (χ0) is 12.8. The molecule has 1 aromatic rings. The normalized spacial score (nSPS) is 14.4. The largest absolute Gasteiger partial charge is 0.395 e. The number of aliphatic hydroxyl groups is 1. The molecule has 0 aromatic heterocycles. The molecule has 2 N–H and O–H groups in total. The van der Waals surface area contributed by atoms with Gasteiger partial charge in [0.15, 0.2) is 0 Å². The van der Waals surface area contributed by atoms with Crippen LogP contribution in [0.5, 0.6) is 0 Å². The summed E-state index contributed by atoms with van der Waals surface area (Å²) in [6, 6.07) is 8.95. The van der Waals surface area contributed by atoms with E-state index in [4.69, 9.17) is 5.11 Å². The summed E-state index contributed by atoms with van der Waals surface area (Å²) < 4.78 is 0. The zero-order valence-electron chi connectivity index (χ0n) is 11.3. The molecule has 17 heavy (non-hydrogen) atoms. The molecule has 3 nitrogen and oxygen atoms in total. The van der Waals surface area contributed by atoms with Crippen molar-refractivity contribution in [3.05, 3.63) is 29.8 Å². The van der Waals surface area contributed by atoms with E-state index in [1.54, 1.807) is 0 Å². The molecule has 0 spiro atoms. The van der Waals surface area contributed by atoms with Crippen LogP contribution >= 0.6 is 0 Å². The summed E-state index contributed by atoms with van der Waals surface area (Å²) in [6.07, 6.45) is 0. The number of benzene rings is 1. The quantitative estimate of drug-likeness (QED) is 0.794. The molecule has 0 saturated carbocycles. The van der Waals surface area contributed by atoms with Crippen LogP contribution < -0.4 is 10.2 Å². The lowest BCUT2D eigenvalue weighted by Gasteiger charge is -2.21. The number of aliphatic hydroxyl groups excluding tert-OH is 1. The van der Waals surface area contributed by atoms with Crippen molar-refractivity contribution in [3.8, 4) is 0 Å². The minimum atomic E-state index is 0.128. The van der Waals surface area contributed by atoms with Crippen LogP contribution in [0.1, 0.15) is 32.4 Å². The highest BCUT2D eigenvalue weighted by Gasteiger charge is 2.08. The fraction of sp³-hybridized carbons (Fsp3) is 0.571. The number of rotatable bonds is 6. The van der Waals surface area contributed by atoms with Crippen molar-refractivity contribution in [2.75, 3.05) is 25.1 Å². The molecule has 0 saturated heterocycles. The third kappa shape index (κ3) is 4.02. The van der Waals surface area contributed by atoms with E-state index in [1.165, 1.54) is 11.3 Å². The minimum Gasteiger partial charge on any atom is -0.395 e. The van der Waals surface area contributed by atoms with E-state index in [0.717, 1.165) is 6.54 Å². The predicted molar refractivity (Wildman–Crippen MR) is 73.5 cm³/mol. The third-order valence-electron chi connectivity index (χ3n) is 3.12. The lowest BCUT2D eigenvalue weighted by atomic mass is 10.1. The summed E-state index contributed by atoms with van der Waals surface area (Å²) in [6.45, 7) is 7.41. The van der Waals surface area contributed by atoms with Gasteiger partial charge in [-0.1, -0.05) is 12.1 Å². The molecule has 0 radical (unpaired) electrons. The first-order valence-corrected chi connectivity index (χ1v) is 6.26. The van der Waals surface area contributed by atoms with Gasteiger partial charge in [0.25, 0.3) is 0 Å². The molecule has 0 bridgehead atoms. The van der Waals surface area contributed by atoms with E-state index in [0.29, 0.717) is 0 Å². The lowest BCUT2D eigenvalue weighted by molar-refractivity contribution is 0.243. The van der Waals surface area contributed by atoms with E-state index in [1.807, 2.05) is 6.92 Å². The Bertz CT molecular complexity index is 323. The Morgan fingerprint density at radius 2 is 1.82 bits per heavy atom. The Morgan fingerprint density at radius 1 is 1.24 bits per heavy atom. The molecule has 0 fully saturated rings. The highest BCUT2D eigenvalue weighted by Crippen LogP contribution is 2.18. The summed E-state index contributed by atoms with van der Waals surface area (Å²) in [5.41, 5.74) is 2.48. The predicted octanol–water partition coefficient (Wildman–Crippen LogP) is 2.17. The fourth-order valence-electron chi connectivity index (χ4n) is 1.78. The molecule has 0 heterocycles. The Kier molecular flexibility index (Phi) is 5.45. The average Bonchev–Trinajstić information content (AvgIpc) is 2.37. The van der Waals surface area contributed by atoms with Crippen LogP contribution in [0.2, 0.25) is 0 Å². The first kappa shape index (κ1) is 14.0. The third-order valence-corrected chi connectivity index (χ3v) is 3.12. The van der Waals surface area contributed by atoms with Crippen LogP contribution in [0.15, 0.2) is 24.3 Å². The van der Waals surface area contributed by atoms with Gasteiger partial charge in [0.05, 0.1) is 6.61 Å². The molecule has 0 aliphatic rings. The van der Waals surface area contributed by atoms with Gasteiger partial charge in [-0.05, 0) is 38.5 Å². The Labute approximate surface area is 104 Å². The molecule has 96 valence electrons. The van der Waals surface area contributed by atoms with Crippen molar-refractivity contribution in [1.82, 2.24) is 5.32 Å². The summed E-state index contributed by atoms with van der Waals surface area (Å²) in [5.74, 6) is 0. The van der Waals surface area contributed by atoms with E-state index >= 15 is 0 Å². The smallest absolute Gasteiger partial charge is 0.0582 e.